The third-order valence-electron chi connectivity index (χ3n) is 1.61. The molecule has 0 saturated heterocycles. The van der Waals surface area contributed by atoms with Crippen LogP contribution in [0.1, 0.15) is 17.7 Å². The van der Waals surface area contributed by atoms with Crippen LogP contribution in [0.25, 0.3) is 0 Å². The van der Waals surface area contributed by atoms with Gasteiger partial charge in [-0.1, -0.05) is 0 Å². The van der Waals surface area contributed by atoms with Gasteiger partial charge in [0.1, 0.15) is 16.7 Å². The van der Waals surface area contributed by atoms with Gasteiger partial charge in [-0.25, -0.2) is 22.3 Å². The van der Waals surface area contributed by atoms with Crippen molar-refractivity contribution in [2.75, 3.05) is 0 Å². The van der Waals surface area contributed by atoms with Gasteiger partial charge in [-0.15, -0.1) is 0 Å². The summed E-state index contributed by atoms with van der Waals surface area (Å²) in [5.74, 6) is 0. The van der Waals surface area contributed by atoms with E-state index in [0.717, 1.165) is 6.20 Å². The predicted molar refractivity (Wildman–Crippen MR) is 53.0 cm³/mol. The summed E-state index contributed by atoms with van der Waals surface area (Å²) < 4.78 is 46.9. The second-order valence-electron chi connectivity index (χ2n) is 2.66. The fraction of sp³-hybridized carbons (Fsp3) is 0.143. The topological polar surface area (TPSA) is 96.8 Å². The Morgan fingerprint density at radius 2 is 2.12 bits per heavy atom. The predicted octanol–water partition coefficient (Wildman–Crippen LogP) is 1.30. The van der Waals surface area contributed by atoms with E-state index in [1.165, 1.54) is 0 Å². The second kappa shape index (κ2) is 4.40. The molecule has 5 nitrogen and oxygen atoms in total. The number of nitrogens with two attached hydrogens (primary N) is 1. The van der Waals surface area contributed by atoms with Gasteiger partial charge in [0, 0.05) is 6.20 Å². The molecule has 0 aliphatic carbocycles. The van der Waals surface area contributed by atoms with E-state index in [9.17, 15) is 17.2 Å². The van der Waals surface area contributed by atoms with Crippen LogP contribution in [0.15, 0.2) is 15.6 Å². The van der Waals surface area contributed by atoms with E-state index in [2.05, 4.69) is 20.9 Å². The third-order valence-corrected chi connectivity index (χ3v) is 3.68. The lowest BCUT2D eigenvalue weighted by Crippen LogP contribution is -2.17. The third kappa shape index (κ3) is 2.34. The van der Waals surface area contributed by atoms with Crippen molar-refractivity contribution in [3.8, 4) is 6.07 Å². The number of alkyl halides is 2. The van der Waals surface area contributed by atoms with Crippen LogP contribution in [0.4, 0.5) is 8.78 Å². The number of halogens is 3. The lowest BCUT2D eigenvalue weighted by molar-refractivity contribution is 0.142. The Kier molecular flexibility index (Phi) is 3.57. The molecule has 0 amide bonds. The van der Waals surface area contributed by atoms with E-state index < -0.39 is 27.0 Å². The number of hydrogen-bond acceptors (Lipinski definition) is 4. The van der Waals surface area contributed by atoms with Gasteiger partial charge in [0.2, 0.25) is 10.0 Å². The Balaban J connectivity index is 3.72. The summed E-state index contributed by atoms with van der Waals surface area (Å²) in [5.41, 5.74) is -1.17. The molecular formula is C7H4BrF2N3O2S. The largest absolute Gasteiger partial charge is 0.281 e. The van der Waals surface area contributed by atoms with E-state index in [1.807, 2.05) is 0 Å². The maximum Gasteiger partial charge on any atom is 0.281 e. The number of sulfonamides is 1. The van der Waals surface area contributed by atoms with Gasteiger partial charge < -0.3 is 0 Å². The van der Waals surface area contributed by atoms with E-state index in [-0.39, 0.29) is 10.0 Å². The van der Waals surface area contributed by atoms with Gasteiger partial charge in [0.25, 0.3) is 6.43 Å². The summed E-state index contributed by atoms with van der Waals surface area (Å²) in [6.07, 6.45) is -2.25. The van der Waals surface area contributed by atoms with Crippen molar-refractivity contribution in [3.63, 3.8) is 0 Å². The zero-order valence-corrected chi connectivity index (χ0v) is 9.89. The zero-order valence-electron chi connectivity index (χ0n) is 7.49. The van der Waals surface area contributed by atoms with Crippen molar-refractivity contribution >= 4 is 26.0 Å². The van der Waals surface area contributed by atoms with Crippen LogP contribution < -0.4 is 5.14 Å². The zero-order chi connectivity index (χ0) is 12.5. The molecule has 0 aliphatic rings. The average Bonchev–Trinajstić information content (AvgIpc) is 2.14. The molecule has 1 rings (SSSR count). The van der Waals surface area contributed by atoms with Crippen LogP contribution in [0, 0.1) is 11.3 Å². The Hall–Kier alpha value is -1.11. The van der Waals surface area contributed by atoms with Crippen molar-refractivity contribution in [1.82, 2.24) is 4.98 Å². The maximum atomic E-state index is 12.5. The van der Waals surface area contributed by atoms with Crippen molar-refractivity contribution in [2.45, 2.75) is 11.3 Å². The molecule has 1 aromatic rings. The number of pyridine rings is 1. The van der Waals surface area contributed by atoms with Gasteiger partial charge >= 0.3 is 0 Å². The van der Waals surface area contributed by atoms with E-state index in [1.54, 1.807) is 6.07 Å². The Morgan fingerprint density at radius 3 is 2.50 bits per heavy atom. The number of rotatable bonds is 2. The highest BCUT2D eigenvalue weighted by Gasteiger charge is 2.27. The molecule has 0 spiro atoms. The molecular weight excluding hydrogens is 308 g/mol. The van der Waals surface area contributed by atoms with Gasteiger partial charge in [0.15, 0.2) is 0 Å². The molecule has 0 radical (unpaired) electrons. The number of nitriles is 1. The van der Waals surface area contributed by atoms with E-state index in [4.69, 9.17) is 10.4 Å². The molecule has 0 bridgehead atoms. The average molecular weight is 312 g/mol. The van der Waals surface area contributed by atoms with Crippen molar-refractivity contribution in [2.24, 2.45) is 5.14 Å². The fourth-order valence-corrected chi connectivity index (χ4v) is 2.85. The SMILES string of the molecule is N#Cc1cnc(C(F)F)c(S(N)(=O)=O)c1Br. The molecule has 0 fully saturated rings. The molecule has 0 atom stereocenters. The minimum Gasteiger partial charge on any atom is -0.252 e. The highest BCUT2D eigenvalue weighted by Crippen LogP contribution is 2.31. The number of primary sulfonamides is 1. The number of nitrogens with zero attached hydrogens (tertiary/aromatic N) is 2. The smallest absolute Gasteiger partial charge is 0.252 e. The molecule has 0 aliphatic heterocycles. The highest BCUT2D eigenvalue weighted by atomic mass is 79.9. The van der Waals surface area contributed by atoms with Gasteiger partial charge in [-0.3, -0.25) is 4.98 Å². The quantitative estimate of drug-likeness (QED) is 0.890. The van der Waals surface area contributed by atoms with Crippen LogP contribution in [0.3, 0.4) is 0 Å². The Morgan fingerprint density at radius 1 is 1.56 bits per heavy atom. The summed E-state index contributed by atoms with van der Waals surface area (Å²) in [4.78, 5) is 2.35. The van der Waals surface area contributed by atoms with E-state index in [0.29, 0.717) is 0 Å². The lowest BCUT2D eigenvalue weighted by Gasteiger charge is -2.08. The molecule has 1 aromatic heterocycles. The Bertz CT molecular complexity index is 568. The van der Waals surface area contributed by atoms with Crippen LogP contribution in [-0.2, 0) is 10.0 Å². The van der Waals surface area contributed by atoms with E-state index >= 15 is 0 Å². The van der Waals surface area contributed by atoms with Gasteiger partial charge in [0.05, 0.1) is 10.0 Å². The summed E-state index contributed by atoms with van der Waals surface area (Å²) in [6, 6.07) is 1.60. The van der Waals surface area contributed by atoms with Crippen molar-refractivity contribution in [3.05, 3.63) is 21.9 Å². The van der Waals surface area contributed by atoms with Crippen molar-refractivity contribution < 1.29 is 17.2 Å². The van der Waals surface area contributed by atoms with Crippen LogP contribution in [0.2, 0.25) is 0 Å². The first-order valence-electron chi connectivity index (χ1n) is 3.68. The minimum absolute atomic E-state index is 0.187. The first-order chi connectivity index (χ1) is 7.29. The summed E-state index contributed by atoms with van der Waals surface area (Å²) in [5, 5.41) is 13.4. The fourth-order valence-electron chi connectivity index (χ4n) is 0.988. The molecule has 86 valence electrons. The molecule has 1 heterocycles. The molecule has 0 unspecified atom stereocenters. The van der Waals surface area contributed by atoms with Gasteiger partial charge in [-0.2, -0.15) is 5.26 Å². The maximum absolute atomic E-state index is 12.5. The first kappa shape index (κ1) is 13.0. The normalized spacial score (nSPS) is 11.5. The summed E-state index contributed by atoms with van der Waals surface area (Å²) >= 11 is 2.74. The highest BCUT2D eigenvalue weighted by molar-refractivity contribution is 9.10. The number of aromatic nitrogens is 1. The Labute approximate surface area is 98.1 Å². The van der Waals surface area contributed by atoms with Crippen LogP contribution in [0.5, 0.6) is 0 Å². The van der Waals surface area contributed by atoms with Gasteiger partial charge in [-0.05, 0) is 15.9 Å². The summed E-state index contributed by atoms with van der Waals surface area (Å²) in [7, 11) is -4.38. The monoisotopic (exact) mass is 311 g/mol. The molecule has 16 heavy (non-hydrogen) atoms. The molecule has 2 N–H and O–H groups in total. The number of hydrogen-bond donors (Lipinski definition) is 1. The molecule has 0 saturated carbocycles. The van der Waals surface area contributed by atoms with Crippen LogP contribution in [-0.4, -0.2) is 13.4 Å². The minimum atomic E-state index is -4.38. The van der Waals surface area contributed by atoms with Crippen molar-refractivity contribution in [1.29, 1.82) is 5.26 Å². The first-order valence-corrected chi connectivity index (χ1v) is 6.02. The lowest BCUT2D eigenvalue weighted by atomic mass is 10.2. The molecule has 9 heteroatoms. The standard InChI is InChI=1S/C7H4BrF2N3O2S/c8-4-3(1-11)2-13-5(7(9)10)6(4)16(12,14)15/h2,7H,(H2,12,14,15). The second-order valence-corrected chi connectivity index (χ2v) is 4.95. The summed E-state index contributed by atoms with van der Waals surface area (Å²) in [6.45, 7) is 0. The van der Waals surface area contributed by atoms with Crippen LogP contribution >= 0.6 is 15.9 Å². The molecule has 0 aromatic carbocycles.